The molecule has 3 rings (SSSR count). The van der Waals surface area contributed by atoms with Crippen molar-refractivity contribution in [2.45, 2.75) is 57.3 Å². The lowest BCUT2D eigenvalue weighted by Gasteiger charge is -2.48. The number of fused-ring (bicyclic) bond motifs is 1. The Bertz CT molecular complexity index is 721. The molecule has 2 aliphatic rings. The van der Waals surface area contributed by atoms with Crippen molar-refractivity contribution in [2.24, 2.45) is 0 Å². The van der Waals surface area contributed by atoms with Gasteiger partial charge in [0.15, 0.2) is 0 Å². The lowest BCUT2D eigenvalue weighted by molar-refractivity contribution is -0.144. The molecule has 1 saturated heterocycles. The summed E-state index contributed by atoms with van der Waals surface area (Å²) in [6.07, 6.45) is 1.66. The van der Waals surface area contributed by atoms with Gasteiger partial charge in [-0.25, -0.2) is 0 Å². The van der Waals surface area contributed by atoms with Gasteiger partial charge < -0.3 is 19.5 Å². The molecule has 2 aliphatic heterocycles. The van der Waals surface area contributed by atoms with Gasteiger partial charge in [-0.15, -0.1) is 0 Å². The number of rotatable bonds is 4. The number of methoxy groups -OCH3 is 1. The molecule has 0 saturated carbocycles. The molecule has 6 nitrogen and oxygen atoms in total. The molecule has 0 radical (unpaired) electrons. The number of likely N-dealkylation sites (tertiary alicyclic amines) is 1. The van der Waals surface area contributed by atoms with E-state index in [0.29, 0.717) is 48.4 Å². The van der Waals surface area contributed by atoms with Crippen LogP contribution in [0.3, 0.4) is 0 Å². The van der Waals surface area contributed by atoms with Crippen LogP contribution in [0.5, 0.6) is 11.5 Å². The summed E-state index contributed by atoms with van der Waals surface area (Å²) in [7, 11) is 1.51. The molecule has 1 aromatic carbocycles. The summed E-state index contributed by atoms with van der Waals surface area (Å²) in [6, 6.07) is 5.00. The van der Waals surface area contributed by atoms with Gasteiger partial charge in [0.25, 0.3) is 0 Å². The summed E-state index contributed by atoms with van der Waals surface area (Å²) >= 11 is 0. The fourth-order valence-electron chi connectivity index (χ4n) is 4.00. The summed E-state index contributed by atoms with van der Waals surface area (Å²) in [5.41, 5.74) is 0.284. The molecule has 0 unspecified atom stereocenters. The predicted molar refractivity (Wildman–Crippen MR) is 91.3 cm³/mol. The maximum absolute atomic E-state index is 12.4. The van der Waals surface area contributed by atoms with Crippen molar-refractivity contribution in [3.63, 3.8) is 0 Å². The average molecular weight is 344 g/mol. The van der Waals surface area contributed by atoms with Gasteiger partial charge >= 0.3 is 0 Å². The maximum Gasteiger partial charge on any atom is 0.223 e. The van der Waals surface area contributed by atoms with Crippen LogP contribution in [0.15, 0.2) is 12.1 Å². The Labute approximate surface area is 147 Å². The number of aliphatic hydroxyl groups is 1. The highest BCUT2D eigenvalue weighted by Gasteiger charge is 2.51. The Morgan fingerprint density at radius 1 is 1.44 bits per heavy atom. The molecule has 1 aromatic rings. The number of amides is 1. The molecule has 0 aromatic heterocycles. The lowest BCUT2D eigenvalue weighted by atomic mass is 9.79. The minimum absolute atomic E-state index is 0.0346. The fraction of sp³-hybridized carbons (Fsp3) is 0.579. The Hall–Kier alpha value is -2.26. The van der Waals surface area contributed by atoms with E-state index in [4.69, 9.17) is 9.47 Å². The largest absolute Gasteiger partial charge is 0.495 e. The number of carbonyl (C=O) groups excluding carboxylic acids is 1. The Kier molecular flexibility index (Phi) is 4.61. The Morgan fingerprint density at radius 3 is 2.68 bits per heavy atom. The number of nitrogens with zero attached hydrogens (tertiary/aromatic N) is 2. The fourth-order valence-corrected chi connectivity index (χ4v) is 4.00. The number of carbonyl (C=O) groups is 1. The van der Waals surface area contributed by atoms with Crippen molar-refractivity contribution in [3.05, 3.63) is 23.3 Å². The first kappa shape index (κ1) is 17.6. The van der Waals surface area contributed by atoms with Crippen molar-refractivity contribution in [3.8, 4) is 17.6 Å². The zero-order valence-corrected chi connectivity index (χ0v) is 14.9. The van der Waals surface area contributed by atoms with E-state index >= 15 is 0 Å². The van der Waals surface area contributed by atoms with Gasteiger partial charge in [-0.05, 0) is 25.3 Å². The van der Waals surface area contributed by atoms with Crippen molar-refractivity contribution >= 4 is 5.91 Å². The first-order valence-corrected chi connectivity index (χ1v) is 8.79. The van der Waals surface area contributed by atoms with E-state index in [-0.39, 0.29) is 5.91 Å². The van der Waals surface area contributed by atoms with E-state index in [0.717, 1.165) is 6.42 Å². The second-order valence-corrected chi connectivity index (χ2v) is 6.66. The zero-order chi connectivity index (χ0) is 18.2. The van der Waals surface area contributed by atoms with Crippen LogP contribution in [0.2, 0.25) is 0 Å². The van der Waals surface area contributed by atoms with Gasteiger partial charge in [0.05, 0.1) is 18.7 Å². The smallest absolute Gasteiger partial charge is 0.223 e. The minimum Gasteiger partial charge on any atom is -0.495 e. The summed E-state index contributed by atoms with van der Waals surface area (Å²) in [4.78, 5) is 14.1. The highest BCUT2D eigenvalue weighted by Crippen LogP contribution is 2.48. The van der Waals surface area contributed by atoms with Crippen molar-refractivity contribution < 1.29 is 19.4 Å². The molecule has 6 heteroatoms. The van der Waals surface area contributed by atoms with Gasteiger partial charge in [-0.2, -0.15) is 5.26 Å². The molecule has 1 fully saturated rings. The van der Waals surface area contributed by atoms with Crippen LogP contribution in [0.4, 0.5) is 0 Å². The molecule has 0 aliphatic carbocycles. The van der Waals surface area contributed by atoms with Gasteiger partial charge in [-0.1, -0.05) is 13.8 Å². The Morgan fingerprint density at radius 2 is 2.16 bits per heavy atom. The normalized spacial score (nSPS) is 24.4. The third kappa shape index (κ3) is 2.63. The third-order valence-corrected chi connectivity index (χ3v) is 5.57. The van der Waals surface area contributed by atoms with Gasteiger partial charge in [0.1, 0.15) is 29.3 Å². The van der Waals surface area contributed by atoms with E-state index in [1.807, 2.05) is 13.8 Å². The third-order valence-electron chi connectivity index (χ3n) is 5.57. The second kappa shape index (κ2) is 6.57. The summed E-state index contributed by atoms with van der Waals surface area (Å²) in [5.74, 6) is 1.05. The van der Waals surface area contributed by atoms with E-state index in [2.05, 4.69) is 6.07 Å². The number of hydrogen-bond acceptors (Lipinski definition) is 5. The lowest BCUT2D eigenvalue weighted by Crippen LogP contribution is -2.56. The molecule has 25 heavy (non-hydrogen) atoms. The van der Waals surface area contributed by atoms with Crippen LogP contribution >= 0.6 is 0 Å². The molecular weight excluding hydrogens is 320 g/mol. The first-order chi connectivity index (χ1) is 12.0. The quantitative estimate of drug-likeness (QED) is 0.907. The summed E-state index contributed by atoms with van der Waals surface area (Å²) in [5, 5.41) is 20.6. The van der Waals surface area contributed by atoms with E-state index < -0.39 is 17.7 Å². The number of nitriles is 1. The molecule has 1 amide bonds. The molecular formula is C19H24N2O4. The van der Waals surface area contributed by atoms with Crippen LogP contribution in [-0.2, 0) is 4.79 Å². The molecule has 2 heterocycles. The number of ether oxygens (including phenoxy) is 2. The van der Waals surface area contributed by atoms with E-state index in [9.17, 15) is 15.2 Å². The maximum atomic E-state index is 12.4. The summed E-state index contributed by atoms with van der Waals surface area (Å²) in [6.45, 7) is 4.56. The van der Waals surface area contributed by atoms with Crippen molar-refractivity contribution in [1.82, 2.24) is 4.90 Å². The highest BCUT2D eigenvalue weighted by molar-refractivity contribution is 5.79. The predicted octanol–water partition coefficient (Wildman–Crippen LogP) is 2.54. The van der Waals surface area contributed by atoms with Gasteiger partial charge in [0, 0.05) is 24.6 Å². The van der Waals surface area contributed by atoms with Crippen LogP contribution < -0.4 is 9.47 Å². The monoisotopic (exact) mass is 344 g/mol. The van der Waals surface area contributed by atoms with Crippen molar-refractivity contribution in [1.29, 1.82) is 5.26 Å². The van der Waals surface area contributed by atoms with Crippen LogP contribution in [0.1, 0.15) is 56.7 Å². The zero-order valence-electron chi connectivity index (χ0n) is 14.9. The standard InChI is InChI=1S/C19H24N2O4/c1-4-19(5-2)18(23)17(21-8-6-7-16(21)22)13-9-12(11-20)14(24-3)10-15(13)25-19/h9-10,17-18,23H,4-8H2,1-3H3/t17-,18+/m1/s1. The van der Waals surface area contributed by atoms with E-state index in [1.165, 1.54) is 7.11 Å². The van der Waals surface area contributed by atoms with Crippen LogP contribution in [0.25, 0.3) is 0 Å². The highest BCUT2D eigenvalue weighted by atomic mass is 16.5. The topological polar surface area (TPSA) is 82.8 Å². The van der Waals surface area contributed by atoms with Crippen LogP contribution in [0, 0.1) is 11.3 Å². The molecule has 2 atom stereocenters. The van der Waals surface area contributed by atoms with Gasteiger partial charge in [-0.3, -0.25) is 4.79 Å². The summed E-state index contributed by atoms with van der Waals surface area (Å²) < 4.78 is 11.5. The number of benzene rings is 1. The van der Waals surface area contributed by atoms with Crippen LogP contribution in [-0.4, -0.2) is 41.3 Å². The Balaban J connectivity index is 2.19. The second-order valence-electron chi connectivity index (χ2n) is 6.66. The number of aliphatic hydroxyl groups excluding tert-OH is 1. The van der Waals surface area contributed by atoms with Gasteiger partial charge in [0.2, 0.25) is 5.91 Å². The molecule has 1 N–H and O–H groups in total. The number of hydrogen-bond donors (Lipinski definition) is 1. The average Bonchev–Trinajstić information content (AvgIpc) is 3.05. The molecule has 0 bridgehead atoms. The molecule has 134 valence electrons. The van der Waals surface area contributed by atoms with E-state index in [1.54, 1.807) is 17.0 Å². The minimum atomic E-state index is -0.850. The SMILES string of the molecule is CCC1(CC)Oc2cc(OC)c(C#N)cc2[C@@H](N2CCCC2=O)[C@@H]1O. The van der Waals surface area contributed by atoms with Crippen molar-refractivity contribution in [2.75, 3.05) is 13.7 Å². The first-order valence-electron chi connectivity index (χ1n) is 8.79. The molecule has 0 spiro atoms.